The predicted octanol–water partition coefficient (Wildman–Crippen LogP) is 2.62. The van der Waals surface area contributed by atoms with Crippen LogP contribution in [0.25, 0.3) is 0 Å². The van der Waals surface area contributed by atoms with Gasteiger partial charge in [0.25, 0.3) is 5.91 Å². The largest absolute Gasteiger partial charge is 0.496 e. The van der Waals surface area contributed by atoms with Gasteiger partial charge in [0.05, 0.1) is 14.2 Å². The van der Waals surface area contributed by atoms with Crippen molar-refractivity contribution in [1.29, 1.82) is 0 Å². The molecule has 0 aliphatic carbocycles. The molecule has 1 amide bonds. The third-order valence-corrected chi connectivity index (χ3v) is 4.43. The van der Waals surface area contributed by atoms with Crippen molar-refractivity contribution in [2.75, 3.05) is 40.4 Å². The SMILES string of the molecule is COc1cc(C(=O)NCCN2CCCCCC2)cc(OC)c1C. The van der Waals surface area contributed by atoms with Crippen molar-refractivity contribution in [3.05, 3.63) is 23.3 Å². The quantitative estimate of drug-likeness (QED) is 0.875. The van der Waals surface area contributed by atoms with E-state index in [0.717, 1.165) is 25.2 Å². The molecule has 23 heavy (non-hydrogen) atoms. The van der Waals surface area contributed by atoms with E-state index in [2.05, 4.69) is 10.2 Å². The summed E-state index contributed by atoms with van der Waals surface area (Å²) in [7, 11) is 3.20. The Morgan fingerprint density at radius 1 is 1.09 bits per heavy atom. The Labute approximate surface area is 139 Å². The lowest BCUT2D eigenvalue weighted by Gasteiger charge is -2.20. The highest BCUT2D eigenvalue weighted by Crippen LogP contribution is 2.29. The summed E-state index contributed by atoms with van der Waals surface area (Å²) in [6.07, 6.45) is 5.18. The van der Waals surface area contributed by atoms with Gasteiger partial charge >= 0.3 is 0 Å². The molecule has 2 rings (SSSR count). The minimum absolute atomic E-state index is 0.0866. The van der Waals surface area contributed by atoms with Crippen LogP contribution in [0.15, 0.2) is 12.1 Å². The normalized spacial score (nSPS) is 15.8. The summed E-state index contributed by atoms with van der Waals surface area (Å²) in [6, 6.07) is 3.53. The summed E-state index contributed by atoms with van der Waals surface area (Å²) in [5.41, 5.74) is 1.47. The number of nitrogens with zero attached hydrogens (tertiary/aromatic N) is 1. The van der Waals surface area contributed by atoms with Crippen molar-refractivity contribution in [2.45, 2.75) is 32.6 Å². The Morgan fingerprint density at radius 2 is 1.65 bits per heavy atom. The molecule has 1 aliphatic heterocycles. The molecule has 0 aromatic heterocycles. The molecular formula is C18H28N2O3. The van der Waals surface area contributed by atoms with Gasteiger partial charge in [0.15, 0.2) is 0 Å². The Bertz CT molecular complexity index is 498. The minimum Gasteiger partial charge on any atom is -0.496 e. The van der Waals surface area contributed by atoms with E-state index in [1.807, 2.05) is 6.92 Å². The molecule has 0 spiro atoms. The first-order valence-corrected chi connectivity index (χ1v) is 8.39. The minimum atomic E-state index is -0.0866. The van der Waals surface area contributed by atoms with Crippen molar-refractivity contribution in [3.63, 3.8) is 0 Å². The lowest BCUT2D eigenvalue weighted by atomic mass is 10.1. The standard InChI is InChI=1S/C18H28N2O3/c1-14-16(22-2)12-15(13-17(14)23-3)18(21)19-8-11-20-9-6-4-5-7-10-20/h12-13H,4-11H2,1-3H3,(H,19,21). The molecule has 5 heteroatoms. The number of rotatable bonds is 6. The first-order valence-electron chi connectivity index (χ1n) is 8.39. The van der Waals surface area contributed by atoms with Gasteiger partial charge < -0.3 is 19.7 Å². The molecular weight excluding hydrogens is 292 g/mol. The molecule has 5 nitrogen and oxygen atoms in total. The first-order chi connectivity index (χ1) is 11.2. The predicted molar refractivity (Wildman–Crippen MR) is 91.5 cm³/mol. The van der Waals surface area contributed by atoms with Crippen LogP contribution in [-0.2, 0) is 0 Å². The van der Waals surface area contributed by atoms with Crippen LogP contribution >= 0.6 is 0 Å². The van der Waals surface area contributed by atoms with Gasteiger partial charge in [-0.05, 0) is 45.0 Å². The summed E-state index contributed by atoms with van der Waals surface area (Å²) in [4.78, 5) is 14.8. The van der Waals surface area contributed by atoms with Gasteiger partial charge in [0, 0.05) is 24.2 Å². The number of hydrogen-bond acceptors (Lipinski definition) is 4. The smallest absolute Gasteiger partial charge is 0.251 e. The second kappa shape index (κ2) is 8.77. The molecule has 1 N–H and O–H groups in total. The molecule has 128 valence electrons. The van der Waals surface area contributed by atoms with Gasteiger partial charge in [0.1, 0.15) is 11.5 Å². The maximum absolute atomic E-state index is 12.4. The summed E-state index contributed by atoms with van der Waals surface area (Å²) in [5, 5.41) is 3.00. The topological polar surface area (TPSA) is 50.8 Å². The zero-order valence-electron chi connectivity index (χ0n) is 14.5. The molecule has 0 unspecified atom stereocenters. The summed E-state index contributed by atoms with van der Waals surface area (Å²) in [5.74, 6) is 1.25. The van der Waals surface area contributed by atoms with Crippen molar-refractivity contribution in [1.82, 2.24) is 10.2 Å². The van der Waals surface area contributed by atoms with Gasteiger partial charge in [-0.2, -0.15) is 0 Å². The van der Waals surface area contributed by atoms with E-state index < -0.39 is 0 Å². The number of ether oxygens (including phenoxy) is 2. The lowest BCUT2D eigenvalue weighted by molar-refractivity contribution is 0.0947. The van der Waals surface area contributed by atoms with Crippen molar-refractivity contribution in [3.8, 4) is 11.5 Å². The summed E-state index contributed by atoms with van der Waals surface area (Å²) >= 11 is 0. The van der Waals surface area contributed by atoms with Gasteiger partial charge in [-0.1, -0.05) is 12.8 Å². The molecule has 0 radical (unpaired) electrons. The number of methoxy groups -OCH3 is 2. The van der Waals surface area contributed by atoms with Gasteiger partial charge in [-0.25, -0.2) is 0 Å². The Hall–Kier alpha value is -1.75. The number of hydrogen-bond donors (Lipinski definition) is 1. The molecule has 1 aromatic rings. The highest BCUT2D eigenvalue weighted by atomic mass is 16.5. The van der Waals surface area contributed by atoms with Gasteiger partial charge in [-0.3, -0.25) is 4.79 Å². The van der Waals surface area contributed by atoms with E-state index in [4.69, 9.17) is 9.47 Å². The van der Waals surface area contributed by atoms with Crippen LogP contribution in [-0.4, -0.2) is 51.2 Å². The fourth-order valence-corrected chi connectivity index (χ4v) is 3.01. The van der Waals surface area contributed by atoms with Gasteiger partial charge in [-0.15, -0.1) is 0 Å². The zero-order valence-corrected chi connectivity index (χ0v) is 14.5. The van der Waals surface area contributed by atoms with Gasteiger partial charge in [0.2, 0.25) is 0 Å². The molecule has 1 fully saturated rings. The van der Waals surface area contributed by atoms with E-state index in [0.29, 0.717) is 23.6 Å². The maximum Gasteiger partial charge on any atom is 0.251 e. The van der Waals surface area contributed by atoms with Crippen molar-refractivity contribution in [2.24, 2.45) is 0 Å². The van der Waals surface area contributed by atoms with Crippen LogP contribution in [0.1, 0.15) is 41.6 Å². The van der Waals surface area contributed by atoms with E-state index in [-0.39, 0.29) is 5.91 Å². The van der Waals surface area contributed by atoms with Crippen LogP contribution in [0.2, 0.25) is 0 Å². The average molecular weight is 320 g/mol. The van der Waals surface area contributed by atoms with Crippen LogP contribution < -0.4 is 14.8 Å². The highest BCUT2D eigenvalue weighted by molar-refractivity contribution is 5.95. The van der Waals surface area contributed by atoms with Crippen LogP contribution in [0, 0.1) is 6.92 Å². The number of carbonyl (C=O) groups is 1. The number of likely N-dealkylation sites (tertiary alicyclic amines) is 1. The Balaban J connectivity index is 1.92. The third kappa shape index (κ3) is 4.86. The Kier molecular flexibility index (Phi) is 6.71. The maximum atomic E-state index is 12.4. The Morgan fingerprint density at radius 3 is 2.17 bits per heavy atom. The summed E-state index contributed by atoms with van der Waals surface area (Å²) < 4.78 is 10.6. The molecule has 1 saturated heterocycles. The van der Waals surface area contributed by atoms with Crippen LogP contribution in [0.3, 0.4) is 0 Å². The molecule has 0 bridgehead atoms. The fourth-order valence-electron chi connectivity index (χ4n) is 3.01. The fraction of sp³-hybridized carbons (Fsp3) is 0.611. The molecule has 0 atom stereocenters. The molecule has 0 saturated carbocycles. The number of nitrogens with one attached hydrogen (secondary N) is 1. The van der Waals surface area contributed by atoms with E-state index in [9.17, 15) is 4.79 Å². The molecule has 1 aromatic carbocycles. The first kappa shape index (κ1) is 17.6. The second-order valence-corrected chi connectivity index (χ2v) is 6.02. The molecule has 1 aliphatic rings. The summed E-state index contributed by atoms with van der Waals surface area (Å²) in [6.45, 7) is 5.77. The number of carbonyl (C=O) groups excluding carboxylic acids is 1. The molecule has 1 heterocycles. The monoisotopic (exact) mass is 320 g/mol. The average Bonchev–Trinajstić information content (AvgIpc) is 2.83. The van der Waals surface area contributed by atoms with E-state index >= 15 is 0 Å². The highest BCUT2D eigenvalue weighted by Gasteiger charge is 2.14. The number of benzene rings is 1. The van der Waals surface area contributed by atoms with Crippen LogP contribution in [0.5, 0.6) is 11.5 Å². The second-order valence-electron chi connectivity index (χ2n) is 6.02. The third-order valence-electron chi connectivity index (χ3n) is 4.43. The van der Waals surface area contributed by atoms with E-state index in [1.54, 1.807) is 26.4 Å². The van der Waals surface area contributed by atoms with Crippen LogP contribution in [0.4, 0.5) is 0 Å². The van der Waals surface area contributed by atoms with Crippen molar-refractivity contribution < 1.29 is 14.3 Å². The van der Waals surface area contributed by atoms with Crippen molar-refractivity contribution >= 4 is 5.91 Å². The number of amides is 1. The van der Waals surface area contributed by atoms with E-state index in [1.165, 1.54) is 25.7 Å². The lowest BCUT2D eigenvalue weighted by Crippen LogP contribution is -2.35. The zero-order chi connectivity index (χ0) is 16.7.